The minimum absolute atomic E-state index is 0.0605. The minimum Gasteiger partial charge on any atom is -0.463 e. The first kappa shape index (κ1) is 11.1. The van der Waals surface area contributed by atoms with Gasteiger partial charge in [-0.25, -0.2) is 14.4 Å². The first-order valence-electron chi connectivity index (χ1n) is 4.12. The van der Waals surface area contributed by atoms with Gasteiger partial charge in [0.05, 0.1) is 19.0 Å². The third-order valence-corrected chi connectivity index (χ3v) is 2.03. The van der Waals surface area contributed by atoms with E-state index in [0.29, 0.717) is 19.0 Å². The summed E-state index contributed by atoms with van der Waals surface area (Å²) in [5.74, 6) is -0.0204. The fourth-order valence-electron chi connectivity index (χ4n) is 0.743. The largest absolute Gasteiger partial charge is 0.463 e. The summed E-state index contributed by atoms with van der Waals surface area (Å²) in [6, 6.07) is 0.134. The van der Waals surface area contributed by atoms with Crippen molar-refractivity contribution in [3.8, 4) is 6.01 Å². The molecule has 1 aromatic rings. The van der Waals surface area contributed by atoms with E-state index in [1.54, 1.807) is 0 Å². The van der Waals surface area contributed by atoms with Crippen molar-refractivity contribution in [3.05, 3.63) is 18.2 Å². The summed E-state index contributed by atoms with van der Waals surface area (Å²) in [6.45, 7) is 0.774. The van der Waals surface area contributed by atoms with Crippen molar-refractivity contribution in [3.63, 3.8) is 0 Å². The fourth-order valence-corrected chi connectivity index (χ4v) is 0.958. The molecule has 1 unspecified atom stereocenters. The van der Waals surface area contributed by atoms with Crippen molar-refractivity contribution in [1.82, 2.24) is 9.97 Å². The average Bonchev–Trinajstić information content (AvgIpc) is 2.22. The molecule has 0 radical (unpaired) electrons. The maximum absolute atomic E-state index is 12.4. The molecule has 1 heterocycles. The first-order valence-corrected chi connectivity index (χ1v) is 4.66. The van der Waals surface area contributed by atoms with Crippen molar-refractivity contribution in [2.45, 2.75) is 0 Å². The summed E-state index contributed by atoms with van der Waals surface area (Å²) in [5, 5.41) is 0. The van der Waals surface area contributed by atoms with Crippen molar-refractivity contribution in [2.75, 3.05) is 19.0 Å². The molecule has 78 valence electrons. The lowest BCUT2D eigenvalue weighted by Crippen LogP contribution is -2.23. The SMILES string of the molecule is NCC(CCl)COc1ncc(F)cn1. The van der Waals surface area contributed by atoms with Gasteiger partial charge in [-0.15, -0.1) is 11.6 Å². The van der Waals surface area contributed by atoms with E-state index >= 15 is 0 Å². The van der Waals surface area contributed by atoms with Gasteiger partial charge < -0.3 is 10.5 Å². The molecule has 1 aromatic heterocycles. The third-order valence-electron chi connectivity index (χ3n) is 1.60. The predicted octanol–water partition coefficient (Wildman–Crippen LogP) is 0.808. The number of hydrogen-bond donors (Lipinski definition) is 1. The molecule has 0 saturated heterocycles. The Morgan fingerprint density at radius 1 is 1.50 bits per heavy atom. The van der Waals surface area contributed by atoms with Crippen LogP contribution >= 0.6 is 11.6 Å². The lowest BCUT2D eigenvalue weighted by Gasteiger charge is -2.10. The molecule has 1 atom stereocenters. The van der Waals surface area contributed by atoms with Gasteiger partial charge in [-0.2, -0.15) is 0 Å². The van der Waals surface area contributed by atoms with E-state index in [1.165, 1.54) is 0 Å². The third kappa shape index (κ3) is 3.43. The lowest BCUT2D eigenvalue weighted by atomic mass is 10.2. The van der Waals surface area contributed by atoms with Crippen LogP contribution in [0.25, 0.3) is 0 Å². The highest BCUT2D eigenvalue weighted by Gasteiger charge is 2.06. The first-order chi connectivity index (χ1) is 6.76. The van der Waals surface area contributed by atoms with Gasteiger partial charge in [0.2, 0.25) is 0 Å². The van der Waals surface area contributed by atoms with Gasteiger partial charge in [0, 0.05) is 11.8 Å². The van der Waals surface area contributed by atoms with Crippen LogP contribution < -0.4 is 10.5 Å². The Balaban J connectivity index is 2.41. The second kappa shape index (κ2) is 5.72. The van der Waals surface area contributed by atoms with Gasteiger partial charge in [-0.1, -0.05) is 0 Å². The molecule has 0 aliphatic carbocycles. The molecule has 0 saturated carbocycles. The molecular weight excluding hydrogens is 209 g/mol. The van der Waals surface area contributed by atoms with E-state index in [0.717, 1.165) is 12.4 Å². The normalized spacial score (nSPS) is 12.5. The Bertz CT molecular complexity index is 266. The van der Waals surface area contributed by atoms with Gasteiger partial charge in [-0.05, 0) is 6.54 Å². The molecule has 0 amide bonds. The van der Waals surface area contributed by atoms with Crippen LogP contribution in [0.1, 0.15) is 0 Å². The second-order valence-electron chi connectivity index (χ2n) is 2.75. The van der Waals surface area contributed by atoms with Crippen LogP contribution in [0.2, 0.25) is 0 Å². The van der Waals surface area contributed by atoms with Crippen LogP contribution in [0.4, 0.5) is 4.39 Å². The van der Waals surface area contributed by atoms with Crippen LogP contribution in [-0.2, 0) is 0 Å². The molecule has 0 bridgehead atoms. The van der Waals surface area contributed by atoms with E-state index in [1.807, 2.05) is 0 Å². The average molecular weight is 220 g/mol. The molecule has 2 N–H and O–H groups in total. The zero-order chi connectivity index (χ0) is 10.4. The predicted molar refractivity (Wildman–Crippen MR) is 50.7 cm³/mol. The number of alkyl halides is 1. The van der Waals surface area contributed by atoms with Gasteiger partial charge >= 0.3 is 6.01 Å². The highest BCUT2D eigenvalue weighted by molar-refractivity contribution is 6.18. The molecule has 0 aliphatic heterocycles. The van der Waals surface area contributed by atoms with Gasteiger partial charge in [-0.3, -0.25) is 0 Å². The number of ether oxygens (including phenoxy) is 1. The molecule has 6 heteroatoms. The summed E-state index contributed by atoms with van der Waals surface area (Å²) >= 11 is 5.60. The quantitative estimate of drug-likeness (QED) is 0.745. The summed E-state index contributed by atoms with van der Waals surface area (Å²) in [4.78, 5) is 7.25. The molecule has 0 spiro atoms. The molecular formula is C8H11ClFN3O. The highest BCUT2D eigenvalue weighted by Crippen LogP contribution is 2.04. The monoisotopic (exact) mass is 219 g/mol. The smallest absolute Gasteiger partial charge is 0.316 e. The Labute approximate surface area is 86.3 Å². The summed E-state index contributed by atoms with van der Waals surface area (Å²) in [6.07, 6.45) is 2.08. The fraction of sp³-hybridized carbons (Fsp3) is 0.500. The molecule has 14 heavy (non-hydrogen) atoms. The zero-order valence-electron chi connectivity index (χ0n) is 7.49. The minimum atomic E-state index is -0.495. The van der Waals surface area contributed by atoms with Gasteiger partial charge in [0.1, 0.15) is 0 Å². The van der Waals surface area contributed by atoms with Crippen LogP contribution in [0.3, 0.4) is 0 Å². The standard InChI is InChI=1S/C8H11ClFN3O/c9-1-6(2-11)5-14-8-12-3-7(10)4-13-8/h3-4,6H,1-2,5,11H2. The van der Waals surface area contributed by atoms with Crippen molar-refractivity contribution in [2.24, 2.45) is 11.7 Å². The highest BCUT2D eigenvalue weighted by atomic mass is 35.5. The van der Waals surface area contributed by atoms with Crippen molar-refractivity contribution >= 4 is 11.6 Å². The maximum Gasteiger partial charge on any atom is 0.316 e. The van der Waals surface area contributed by atoms with Crippen LogP contribution in [0, 0.1) is 11.7 Å². The number of nitrogens with zero attached hydrogens (tertiary/aromatic N) is 2. The van der Waals surface area contributed by atoms with Crippen LogP contribution in [0.15, 0.2) is 12.4 Å². The lowest BCUT2D eigenvalue weighted by molar-refractivity contribution is 0.245. The van der Waals surface area contributed by atoms with Gasteiger partial charge in [0.25, 0.3) is 0 Å². The van der Waals surface area contributed by atoms with Gasteiger partial charge in [0.15, 0.2) is 5.82 Å². The number of aromatic nitrogens is 2. The Morgan fingerprint density at radius 3 is 2.64 bits per heavy atom. The molecule has 0 fully saturated rings. The zero-order valence-corrected chi connectivity index (χ0v) is 8.25. The summed E-state index contributed by atoms with van der Waals surface area (Å²) in [7, 11) is 0. The van der Waals surface area contributed by atoms with Crippen LogP contribution in [-0.4, -0.2) is 29.0 Å². The van der Waals surface area contributed by atoms with E-state index < -0.39 is 5.82 Å². The Hall–Kier alpha value is -0.940. The van der Waals surface area contributed by atoms with E-state index in [4.69, 9.17) is 22.1 Å². The number of rotatable bonds is 5. The van der Waals surface area contributed by atoms with Crippen molar-refractivity contribution < 1.29 is 9.13 Å². The molecule has 0 aliphatic rings. The molecule has 4 nitrogen and oxygen atoms in total. The topological polar surface area (TPSA) is 61.0 Å². The van der Waals surface area contributed by atoms with Crippen LogP contribution in [0.5, 0.6) is 6.01 Å². The molecule has 1 rings (SSSR count). The molecule has 0 aromatic carbocycles. The van der Waals surface area contributed by atoms with E-state index in [-0.39, 0.29) is 11.9 Å². The summed E-state index contributed by atoms with van der Waals surface area (Å²) < 4.78 is 17.5. The Kier molecular flexibility index (Phi) is 4.55. The summed E-state index contributed by atoms with van der Waals surface area (Å²) in [5.41, 5.74) is 5.41. The Morgan fingerprint density at radius 2 is 2.14 bits per heavy atom. The van der Waals surface area contributed by atoms with E-state index in [2.05, 4.69) is 9.97 Å². The number of hydrogen-bond acceptors (Lipinski definition) is 4. The number of nitrogens with two attached hydrogens (primary N) is 1. The maximum atomic E-state index is 12.4. The number of halogens is 2. The van der Waals surface area contributed by atoms with Crippen molar-refractivity contribution in [1.29, 1.82) is 0 Å². The second-order valence-corrected chi connectivity index (χ2v) is 3.06. The van der Waals surface area contributed by atoms with E-state index in [9.17, 15) is 4.39 Å².